The van der Waals surface area contributed by atoms with Gasteiger partial charge in [-0.05, 0) is 45.7 Å². The fourth-order valence-corrected chi connectivity index (χ4v) is 3.11. The third kappa shape index (κ3) is 4.99. The maximum Gasteiger partial charge on any atom is 0.321 e. The van der Waals surface area contributed by atoms with Gasteiger partial charge >= 0.3 is 6.03 Å². The van der Waals surface area contributed by atoms with E-state index in [1.807, 2.05) is 23.1 Å². The van der Waals surface area contributed by atoms with E-state index in [-0.39, 0.29) is 6.03 Å². The summed E-state index contributed by atoms with van der Waals surface area (Å²) < 4.78 is 11.1. The largest absolute Gasteiger partial charge is 0.486 e. The lowest BCUT2D eigenvalue weighted by Gasteiger charge is -2.34. The van der Waals surface area contributed by atoms with Crippen LogP contribution in [-0.4, -0.2) is 87.3 Å². The Kier molecular flexibility index (Phi) is 5.99. The van der Waals surface area contributed by atoms with Crippen molar-refractivity contribution in [3.8, 4) is 11.5 Å². The van der Waals surface area contributed by atoms with E-state index in [1.165, 1.54) is 0 Å². The summed E-state index contributed by atoms with van der Waals surface area (Å²) in [4.78, 5) is 19.0. The molecule has 0 radical (unpaired) electrons. The Labute approximate surface area is 149 Å². The van der Waals surface area contributed by atoms with Gasteiger partial charge in [0.2, 0.25) is 0 Å². The van der Waals surface area contributed by atoms with Crippen LogP contribution in [-0.2, 0) is 0 Å². The van der Waals surface area contributed by atoms with Gasteiger partial charge in [0.05, 0.1) is 0 Å². The molecule has 25 heavy (non-hydrogen) atoms. The highest BCUT2D eigenvalue weighted by Gasteiger charge is 2.21. The Morgan fingerprint density at radius 2 is 1.84 bits per heavy atom. The van der Waals surface area contributed by atoms with E-state index in [1.54, 1.807) is 0 Å². The Balaban J connectivity index is 1.45. The quantitative estimate of drug-likeness (QED) is 0.875. The molecule has 2 amide bonds. The van der Waals surface area contributed by atoms with Gasteiger partial charge in [0, 0.05) is 37.9 Å². The number of nitrogens with zero attached hydrogens (tertiary/aromatic N) is 3. The van der Waals surface area contributed by atoms with Gasteiger partial charge in [0.15, 0.2) is 11.5 Å². The van der Waals surface area contributed by atoms with Crippen LogP contribution >= 0.6 is 0 Å². The Hall–Kier alpha value is -1.99. The van der Waals surface area contributed by atoms with Gasteiger partial charge in [0.25, 0.3) is 0 Å². The average Bonchev–Trinajstić information content (AvgIpc) is 2.62. The molecule has 0 saturated carbocycles. The number of hydrogen-bond acceptors (Lipinski definition) is 5. The molecular formula is C18H28N4O3. The molecule has 0 bridgehead atoms. The maximum atomic E-state index is 12.5. The molecule has 1 fully saturated rings. The minimum atomic E-state index is -0.0513. The normalized spacial score (nSPS) is 17.6. The number of nitrogens with one attached hydrogen (secondary N) is 1. The summed E-state index contributed by atoms with van der Waals surface area (Å²) in [5, 5.41) is 2.96. The molecule has 138 valence electrons. The van der Waals surface area contributed by atoms with Crippen molar-refractivity contribution in [2.24, 2.45) is 0 Å². The lowest BCUT2D eigenvalue weighted by atomic mass is 10.2. The summed E-state index contributed by atoms with van der Waals surface area (Å²) in [7, 11) is 4.19. The van der Waals surface area contributed by atoms with E-state index in [4.69, 9.17) is 9.47 Å². The maximum absolute atomic E-state index is 12.5. The van der Waals surface area contributed by atoms with Crippen LogP contribution in [0.4, 0.5) is 10.5 Å². The molecule has 0 spiro atoms. The van der Waals surface area contributed by atoms with Gasteiger partial charge in [-0.1, -0.05) is 0 Å². The second-order valence-corrected chi connectivity index (χ2v) is 6.77. The minimum Gasteiger partial charge on any atom is -0.486 e. The number of benzene rings is 1. The van der Waals surface area contributed by atoms with Crippen LogP contribution in [0.2, 0.25) is 0 Å². The van der Waals surface area contributed by atoms with Crippen molar-refractivity contribution in [3.05, 3.63) is 18.2 Å². The number of carbonyl (C=O) groups excluding carboxylic acids is 1. The van der Waals surface area contributed by atoms with E-state index < -0.39 is 0 Å². The predicted molar refractivity (Wildman–Crippen MR) is 97.6 cm³/mol. The number of anilines is 1. The van der Waals surface area contributed by atoms with Gasteiger partial charge in [-0.15, -0.1) is 0 Å². The standard InChI is InChI=1S/C18H28N4O3/c1-20(2)6-3-7-21-8-10-22(11-9-21)18(23)19-15-4-5-16-17(14-15)25-13-12-24-16/h4-5,14H,3,6-13H2,1-2H3,(H,19,23). The molecule has 2 aliphatic heterocycles. The Morgan fingerprint density at radius 3 is 2.56 bits per heavy atom. The molecular weight excluding hydrogens is 320 g/mol. The smallest absolute Gasteiger partial charge is 0.321 e. The highest BCUT2D eigenvalue weighted by Crippen LogP contribution is 2.32. The molecule has 0 aliphatic carbocycles. The number of piperazine rings is 1. The van der Waals surface area contributed by atoms with Crippen LogP contribution in [0.3, 0.4) is 0 Å². The molecule has 1 aromatic carbocycles. The summed E-state index contributed by atoms with van der Waals surface area (Å²) in [6.45, 7) is 6.69. The van der Waals surface area contributed by atoms with Gasteiger partial charge in [-0.2, -0.15) is 0 Å². The molecule has 1 saturated heterocycles. The van der Waals surface area contributed by atoms with E-state index in [2.05, 4.69) is 29.2 Å². The number of rotatable bonds is 5. The number of amides is 2. The van der Waals surface area contributed by atoms with Gasteiger partial charge in [-0.3, -0.25) is 4.90 Å². The van der Waals surface area contributed by atoms with E-state index in [0.717, 1.165) is 57.1 Å². The monoisotopic (exact) mass is 348 g/mol. The van der Waals surface area contributed by atoms with Gasteiger partial charge in [0.1, 0.15) is 13.2 Å². The van der Waals surface area contributed by atoms with Crippen LogP contribution in [0.5, 0.6) is 11.5 Å². The summed E-state index contributed by atoms with van der Waals surface area (Å²) in [6, 6.07) is 5.46. The number of fused-ring (bicyclic) bond motifs is 1. The Morgan fingerprint density at radius 1 is 1.12 bits per heavy atom. The summed E-state index contributed by atoms with van der Waals surface area (Å²) in [5.41, 5.74) is 0.739. The van der Waals surface area contributed by atoms with Crippen LogP contribution in [0.25, 0.3) is 0 Å². The van der Waals surface area contributed by atoms with Crippen molar-refractivity contribution >= 4 is 11.7 Å². The second-order valence-electron chi connectivity index (χ2n) is 6.77. The van der Waals surface area contributed by atoms with E-state index >= 15 is 0 Å². The van der Waals surface area contributed by atoms with Gasteiger partial charge < -0.3 is 24.6 Å². The van der Waals surface area contributed by atoms with Gasteiger partial charge in [-0.25, -0.2) is 4.79 Å². The third-order valence-corrected chi connectivity index (χ3v) is 4.53. The summed E-state index contributed by atoms with van der Waals surface area (Å²) in [5.74, 6) is 1.42. The summed E-state index contributed by atoms with van der Waals surface area (Å²) >= 11 is 0. The zero-order valence-electron chi connectivity index (χ0n) is 15.2. The first-order valence-electron chi connectivity index (χ1n) is 8.94. The molecule has 0 unspecified atom stereocenters. The van der Waals surface area contributed by atoms with E-state index in [0.29, 0.717) is 19.0 Å². The van der Waals surface area contributed by atoms with Crippen molar-refractivity contribution in [3.63, 3.8) is 0 Å². The molecule has 2 aliphatic rings. The highest BCUT2D eigenvalue weighted by atomic mass is 16.6. The number of carbonyl (C=O) groups is 1. The van der Waals surface area contributed by atoms with E-state index in [9.17, 15) is 4.79 Å². The SMILES string of the molecule is CN(C)CCCN1CCN(C(=O)Nc2ccc3c(c2)OCCO3)CC1. The first-order valence-corrected chi connectivity index (χ1v) is 8.94. The van der Waals surface area contributed by atoms with Crippen molar-refractivity contribution in [2.75, 3.05) is 71.9 Å². The highest BCUT2D eigenvalue weighted by molar-refractivity contribution is 5.89. The molecule has 1 N–H and O–H groups in total. The molecule has 1 aromatic rings. The van der Waals surface area contributed by atoms with Crippen LogP contribution in [0, 0.1) is 0 Å². The first-order chi connectivity index (χ1) is 12.1. The van der Waals surface area contributed by atoms with Crippen molar-refractivity contribution in [1.82, 2.24) is 14.7 Å². The molecule has 0 aromatic heterocycles. The third-order valence-electron chi connectivity index (χ3n) is 4.53. The fourth-order valence-electron chi connectivity index (χ4n) is 3.11. The lowest BCUT2D eigenvalue weighted by Crippen LogP contribution is -2.50. The molecule has 7 nitrogen and oxygen atoms in total. The minimum absolute atomic E-state index is 0.0513. The van der Waals surface area contributed by atoms with Crippen LogP contribution in [0.15, 0.2) is 18.2 Å². The number of urea groups is 1. The van der Waals surface area contributed by atoms with Crippen molar-refractivity contribution in [1.29, 1.82) is 0 Å². The molecule has 2 heterocycles. The molecule has 3 rings (SSSR count). The molecule has 7 heteroatoms. The first kappa shape index (κ1) is 17.8. The number of hydrogen-bond donors (Lipinski definition) is 1. The average molecular weight is 348 g/mol. The second kappa shape index (κ2) is 8.40. The summed E-state index contributed by atoms with van der Waals surface area (Å²) in [6.07, 6.45) is 1.16. The topological polar surface area (TPSA) is 57.3 Å². The zero-order valence-corrected chi connectivity index (χ0v) is 15.2. The predicted octanol–water partition coefficient (Wildman–Crippen LogP) is 1.56. The van der Waals surface area contributed by atoms with Crippen LogP contribution < -0.4 is 14.8 Å². The molecule has 0 atom stereocenters. The Bertz CT molecular complexity index is 586. The van der Waals surface area contributed by atoms with Crippen molar-refractivity contribution in [2.45, 2.75) is 6.42 Å². The number of ether oxygens (including phenoxy) is 2. The van der Waals surface area contributed by atoms with Crippen molar-refractivity contribution < 1.29 is 14.3 Å². The van der Waals surface area contributed by atoms with Crippen LogP contribution in [0.1, 0.15) is 6.42 Å². The zero-order chi connectivity index (χ0) is 17.6. The lowest BCUT2D eigenvalue weighted by molar-refractivity contribution is 0.144. The fraction of sp³-hybridized carbons (Fsp3) is 0.611.